The van der Waals surface area contributed by atoms with E-state index in [1.807, 2.05) is 13.0 Å². The predicted octanol–water partition coefficient (Wildman–Crippen LogP) is 5.00. The summed E-state index contributed by atoms with van der Waals surface area (Å²) < 4.78 is 47.4. The monoisotopic (exact) mass is 461 g/mol. The maximum atomic E-state index is 13.8. The normalized spacial score (nSPS) is 16.9. The molecule has 7 nitrogen and oxygen atoms in total. The quantitative estimate of drug-likeness (QED) is 0.427. The number of aromatic nitrogens is 4. The maximum Gasteiger partial charge on any atom is 0.433 e. The molecule has 1 fully saturated rings. The van der Waals surface area contributed by atoms with Gasteiger partial charge in [0.15, 0.2) is 17.1 Å². The van der Waals surface area contributed by atoms with E-state index in [1.165, 1.54) is 11.3 Å². The van der Waals surface area contributed by atoms with Crippen molar-refractivity contribution in [1.82, 2.24) is 24.7 Å². The van der Waals surface area contributed by atoms with Gasteiger partial charge in [-0.15, -0.1) is 11.3 Å². The lowest BCUT2D eigenvalue weighted by atomic mass is 10.1. The fourth-order valence-corrected chi connectivity index (χ4v) is 4.66. The van der Waals surface area contributed by atoms with Gasteiger partial charge in [0.2, 0.25) is 0 Å². The number of carbonyl (C=O) groups is 1. The molecule has 1 saturated heterocycles. The second-order valence-electron chi connectivity index (χ2n) is 7.53. The molecule has 1 aliphatic heterocycles. The third-order valence-electron chi connectivity index (χ3n) is 5.55. The van der Waals surface area contributed by atoms with Gasteiger partial charge in [-0.2, -0.15) is 18.3 Å². The van der Waals surface area contributed by atoms with Crippen LogP contribution in [0.4, 0.5) is 13.2 Å². The van der Waals surface area contributed by atoms with Gasteiger partial charge in [0, 0.05) is 12.6 Å². The Morgan fingerprint density at radius 3 is 2.88 bits per heavy atom. The molecule has 0 saturated carbocycles. The Kier molecular flexibility index (Phi) is 5.00. The highest BCUT2D eigenvalue weighted by molar-refractivity contribution is 7.13. The molecule has 1 amide bonds. The second kappa shape index (κ2) is 7.73. The Balaban J connectivity index is 1.59. The van der Waals surface area contributed by atoms with Crippen molar-refractivity contribution in [3.8, 4) is 10.6 Å². The molecule has 1 atom stereocenters. The van der Waals surface area contributed by atoms with Crippen molar-refractivity contribution < 1.29 is 22.5 Å². The summed E-state index contributed by atoms with van der Waals surface area (Å²) in [6.45, 7) is 2.41. The highest BCUT2D eigenvalue weighted by Crippen LogP contribution is 2.36. The Bertz CT molecular complexity index is 1280. The lowest BCUT2D eigenvalue weighted by molar-refractivity contribution is -0.142. The van der Waals surface area contributed by atoms with Crippen molar-refractivity contribution in [3.63, 3.8) is 0 Å². The van der Waals surface area contributed by atoms with Crippen LogP contribution in [0.1, 0.15) is 53.3 Å². The standard InChI is InChI=1S/C21H18F3N5O2S/c1-2-12-9-16(31-27-12)15-5-3-7-28(15)20(30)13-11-25-29-18(21(22,23)24)10-14(26-19(13)29)17-6-4-8-32-17/h4,6,8-11,15H,2-3,5,7H2,1H3/t15-/m1/s1. The minimum atomic E-state index is -4.66. The Morgan fingerprint density at radius 1 is 1.34 bits per heavy atom. The minimum Gasteiger partial charge on any atom is -0.359 e. The first-order valence-corrected chi connectivity index (χ1v) is 11.0. The molecule has 0 N–H and O–H groups in total. The summed E-state index contributed by atoms with van der Waals surface area (Å²) in [5, 5.41) is 9.63. The maximum absolute atomic E-state index is 13.8. The van der Waals surface area contributed by atoms with Gasteiger partial charge in [-0.25, -0.2) is 9.50 Å². The van der Waals surface area contributed by atoms with E-state index in [0.717, 1.165) is 24.4 Å². The van der Waals surface area contributed by atoms with Crippen LogP contribution in [0.15, 0.2) is 40.4 Å². The number of halogens is 3. The SMILES string of the molecule is CCc1cc([C@H]2CCCN2C(=O)c2cnn3c(C(F)(F)F)cc(-c4cccs4)nc23)on1. The lowest BCUT2D eigenvalue weighted by Crippen LogP contribution is -2.30. The minimum absolute atomic E-state index is 0.0241. The first-order chi connectivity index (χ1) is 15.4. The number of aryl methyl sites for hydroxylation is 1. The molecule has 0 aromatic carbocycles. The number of thiophene rings is 1. The zero-order valence-electron chi connectivity index (χ0n) is 17.0. The van der Waals surface area contributed by atoms with E-state index in [0.29, 0.717) is 34.5 Å². The number of rotatable bonds is 4. The van der Waals surface area contributed by atoms with E-state index in [9.17, 15) is 18.0 Å². The zero-order chi connectivity index (χ0) is 22.5. The summed E-state index contributed by atoms with van der Waals surface area (Å²) in [6.07, 6.45) is -1.37. The van der Waals surface area contributed by atoms with Crippen molar-refractivity contribution >= 4 is 22.9 Å². The number of amides is 1. The number of hydrogen-bond acceptors (Lipinski definition) is 6. The molecular formula is C21H18F3N5O2S. The average molecular weight is 461 g/mol. The van der Waals surface area contributed by atoms with Gasteiger partial charge in [0.25, 0.3) is 5.91 Å². The molecule has 32 heavy (non-hydrogen) atoms. The smallest absolute Gasteiger partial charge is 0.359 e. The van der Waals surface area contributed by atoms with Crippen LogP contribution in [0.5, 0.6) is 0 Å². The lowest BCUT2D eigenvalue weighted by Gasteiger charge is -2.22. The average Bonchev–Trinajstić information content (AvgIpc) is 3.56. The third-order valence-corrected chi connectivity index (χ3v) is 6.44. The number of fused-ring (bicyclic) bond motifs is 1. The highest BCUT2D eigenvalue weighted by Gasteiger charge is 2.38. The van der Waals surface area contributed by atoms with Crippen molar-refractivity contribution in [2.45, 2.75) is 38.4 Å². The summed E-state index contributed by atoms with van der Waals surface area (Å²) in [5.74, 6) is 0.147. The Labute approximate surface area is 184 Å². The molecule has 166 valence electrons. The fourth-order valence-electron chi connectivity index (χ4n) is 3.98. The van der Waals surface area contributed by atoms with Crippen LogP contribution in [-0.4, -0.2) is 37.1 Å². The van der Waals surface area contributed by atoms with Gasteiger partial charge in [-0.1, -0.05) is 18.1 Å². The third kappa shape index (κ3) is 3.46. The van der Waals surface area contributed by atoms with Crippen molar-refractivity contribution in [1.29, 1.82) is 0 Å². The van der Waals surface area contributed by atoms with E-state index in [-0.39, 0.29) is 22.9 Å². The molecule has 5 heterocycles. The molecule has 0 aliphatic carbocycles. The van der Waals surface area contributed by atoms with Gasteiger partial charge < -0.3 is 9.42 Å². The second-order valence-corrected chi connectivity index (χ2v) is 8.47. The summed E-state index contributed by atoms with van der Waals surface area (Å²) in [6, 6.07) is 5.87. The Morgan fingerprint density at radius 2 is 2.19 bits per heavy atom. The molecule has 1 aliphatic rings. The largest absolute Gasteiger partial charge is 0.433 e. The van der Waals surface area contributed by atoms with Gasteiger partial charge in [-0.05, 0) is 36.8 Å². The first kappa shape index (κ1) is 20.7. The van der Waals surface area contributed by atoms with Crippen LogP contribution in [-0.2, 0) is 12.6 Å². The predicted molar refractivity (Wildman–Crippen MR) is 110 cm³/mol. The molecule has 0 bridgehead atoms. The summed E-state index contributed by atoms with van der Waals surface area (Å²) in [5.41, 5.74) is -0.144. The number of alkyl halides is 3. The van der Waals surface area contributed by atoms with E-state index >= 15 is 0 Å². The molecule has 11 heteroatoms. The van der Waals surface area contributed by atoms with Crippen LogP contribution < -0.4 is 0 Å². The summed E-state index contributed by atoms with van der Waals surface area (Å²) in [7, 11) is 0. The van der Waals surface area contributed by atoms with Gasteiger partial charge in [0.1, 0.15) is 5.56 Å². The highest BCUT2D eigenvalue weighted by atomic mass is 32.1. The van der Waals surface area contributed by atoms with E-state index < -0.39 is 17.8 Å². The first-order valence-electron chi connectivity index (χ1n) is 10.1. The number of carbonyl (C=O) groups excluding carboxylic acids is 1. The van der Waals surface area contributed by atoms with E-state index in [1.54, 1.807) is 22.4 Å². The number of nitrogens with zero attached hydrogens (tertiary/aromatic N) is 5. The topological polar surface area (TPSA) is 76.5 Å². The van der Waals surface area contributed by atoms with Crippen LogP contribution in [0.25, 0.3) is 16.2 Å². The van der Waals surface area contributed by atoms with Crippen molar-refractivity contribution in [2.75, 3.05) is 6.54 Å². The summed E-state index contributed by atoms with van der Waals surface area (Å²) in [4.78, 5) is 20.0. The number of hydrogen-bond donors (Lipinski definition) is 0. The molecule has 0 spiro atoms. The molecule has 0 unspecified atom stereocenters. The molecule has 4 aromatic heterocycles. The van der Waals surface area contributed by atoms with E-state index in [2.05, 4.69) is 15.2 Å². The van der Waals surface area contributed by atoms with Crippen molar-refractivity contribution in [2.24, 2.45) is 0 Å². The van der Waals surface area contributed by atoms with Gasteiger partial charge >= 0.3 is 6.18 Å². The fraction of sp³-hybridized carbons (Fsp3) is 0.333. The number of likely N-dealkylation sites (tertiary alicyclic amines) is 1. The van der Waals surface area contributed by atoms with Crippen LogP contribution in [0, 0.1) is 0 Å². The molecule has 0 radical (unpaired) electrons. The molecular weight excluding hydrogens is 443 g/mol. The van der Waals surface area contributed by atoms with Crippen LogP contribution >= 0.6 is 11.3 Å². The van der Waals surface area contributed by atoms with Gasteiger partial charge in [-0.3, -0.25) is 4.79 Å². The zero-order valence-corrected chi connectivity index (χ0v) is 17.8. The van der Waals surface area contributed by atoms with Crippen LogP contribution in [0.2, 0.25) is 0 Å². The van der Waals surface area contributed by atoms with Crippen molar-refractivity contribution in [3.05, 3.63) is 58.6 Å². The molecule has 4 aromatic rings. The van der Waals surface area contributed by atoms with E-state index in [4.69, 9.17) is 4.52 Å². The molecule has 5 rings (SSSR count). The van der Waals surface area contributed by atoms with Crippen LogP contribution in [0.3, 0.4) is 0 Å². The summed E-state index contributed by atoms with van der Waals surface area (Å²) >= 11 is 1.27. The Hall–Kier alpha value is -3.21. The van der Waals surface area contributed by atoms with Gasteiger partial charge in [0.05, 0.1) is 28.5 Å².